The van der Waals surface area contributed by atoms with Crippen molar-refractivity contribution in [3.8, 4) is 0 Å². The highest BCUT2D eigenvalue weighted by molar-refractivity contribution is 5.74. The highest BCUT2D eigenvalue weighted by atomic mass is 16.3. The van der Waals surface area contributed by atoms with Crippen LogP contribution in [0.4, 0.5) is 0 Å². The van der Waals surface area contributed by atoms with Gasteiger partial charge in [-0.15, -0.1) is 0 Å². The van der Waals surface area contributed by atoms with Crippen molar-refractivity contribution in [3.05, 3.63) is 96.1 Å². The van der Waals surface area contributed by atoms with Gasteiger partial charge in [0.2, 0.25) is 5.91 Å². The van der Waals surface area contributed by atoms with Gasteiger partial charge in [-0.3, -0.25) is 14.8 Å². The van der Waals surface area contributed by atoms with E-state index < -0.39 is 5.60 Å². The van der Waals surface area contributed by atoms with E-state index in [0.717, 1.165) is 18.4 Å². The Labute approximate surface area is 171 Å². The summed E-state index contributed by atoms with van der Waals surface area (Å²) in [6.45, 7) is 2.31. The van der Waals surface area contributed by atoms with Gasteiger partial charge in [-0.25, -0.2) is 0 Å². The molecule has 0 radical (unpaired) electrons. The first-order chi connectivity index (χ1) is 14.1. The molecule has 4 rings (SSSR count). The minimum atomic E-state index is -1.38. The molecule has 1 amide bonds. The van der Waals surface area contributed by atoms with Crippen molar-refractivity contribution in [1.82, 2.24) is 14.9 Å². The number of pyridine rings is 2. The molecule has 2 atom stereocenters. The summed E-state index contributed by atoms with van der Waals surface area (Å²) in [5.41, 5.74) is 0.988. The van der Waals surface area contributed by atoms with E-state index in [1.165, 1.54) is 0 Å². The summed E-state index contributed by atoms with van der Waals surface area (Å²) < 4.78 is 0. The molecular weight excluding hydrogens is 362 g/mol. The van der Waals surface area contributed by atoms with Gasteiger partial charge in [-0.2, -0.15) is 0 Å². The summed E-state index contributed by atoms with van der Waals surface area (Å²) in [4.78, 5) is 22.9. The lowest BCUT2D eigenvalue weighted by Crippen LogP contribution is -2.47. The van der Waals surface area contributed by atoms with Gasteiger partial charge in [0.25, 0.3) is 0 Å². The van der Waals surface area contributed by atoms with E-state index in [4.69, 9.17) is 0 Å². The number of aliphatic hydroxyl groups is 1. The lowest BCUT2D eigenvalue weighted by molar-refractivity contribution is -0.131. The van der Waals surface area contributed by atoms with E-state index in [-0.39, 0.29) is 17.9 Å². The Morgan fingerprint density at radius 2 is 1.66 bits per heavy atom. The van der Waals surface area contributed by atoms with Gasteiger partial charge < -0.3 is 10.0 Å². The first kappa shape index (κ1) is 19.3. The minimum Gasteiger partial charge on any atom is -0.380 e. The number of benzene rings is 1. The monoisotopic (exact) mass is 387 g/mol. The Hall–Kier alpha value is -3.05. The SMILES string of the molecule is CC(=O)N1CCCC1C(c1ccccc1)C(O)(c1cccnc1)c1cccnc1. The van der Waals surface area contributed by atoms with Gasteiger partial charge in [0.05, 0.1) is 0 Å². The first-order valence-corrected chi connectivity index (χ1v) is 9.98. The zero-order valence-corrected chi connectivity index (χ0v) is 16.5. The smallest absolute Gasteiger partial charge is 0.219 e. The number of rotatable bonds is 5. The van der Waals surface area contributed by atoms with Gasteiger partial charge in [-0.1, -0.05) is 42.5 Å². The van der Waals surface area contributed by atoms with Crippen LogP contribution in [0.5, 0.6) is 0 Å². The Bertz CT molecular complexity index is 908. The third-order valence-corrected chi connectivity index (χ3v) is 5.90. The molecule has 1 fully saturated rings. The molecular formula is C24H25N3O2. The fourth-order valence-electron chi connectivity index (χ4n) is 4.63. The number of nitrogens with zero attached hydrogens (tertiary/aromatic N) is 3. The molecule has 148 valence electrons. The predicted octanol–water partition coefficient (Wildman–Crippen LogP) is 3.51. The zero-order chi connectivity index (χ0) is 20.3. The van der Waals surface area contributed by atoms with Crippen LogP contribution in [-0.4, -0.2) is 38.5 Å². The molecule has 2 unspecified atom stereocenters. The molecule has 3 heterocycles. The van der Waals surface area contributed by atoms with Gasteiger partial charge in [0.15, 0.2) is 0 Å². The topological polar surface area (TPSA) is 66.3 Å². The molecule has 3 aromatic rings. The lowest BCUT2D eigenvalue weighted by Gasteiger charge is -2.43. The second-order valence-electron chi connectivity index (χ2n) is 7.56. The summed E-state index contributed by atoms with van der Waals surface area (Å²) >= 11 is 0. The van der Waals surface area contributed by atoms with Gasteiger partial charge in [0.1, 0.15) is 5.60 Å². The van der Waals surface area contributed by atoms with Gasteiger partial charge in [-0.05, 0) is 30.5 Å². The number of aromatic nitrogens is 2. The molecule has 1 aliphatic heterocycles. The second kappa shape index (κ2) is 8.13. The molecule has 0 saturated carbocycles. The molecule has 0 spiro atoms. The number of carbonyl (C=O) groups excluding carboxylic acids is 1. The highest BCUT2D eigenvalue weighted by Crippen LogP contribution is 2.47. The molecule has 1 aliphatic rings. The van der Waals surface area contributed by atoms with Crippen molar-refractivity contribution in [1.29, 1.82) is 0 Å². The molecule has 5 heteroatoms. The third kappa shape index (κ3) is 3.54. The van der Waals surface area contributed by atoms with E-state index in [0.29, 0.717) is 17.7 Å². The van der Waals surface area contributed by atoms with Crippen molar-refractivity contribution >= 4 is 5.91 Å². The number of amides is 1. The first-order valence-electron chi connectivity index (χ1n) is 9.98. The van der Waals surface area contributed by atoms with Crippen LogP contribution in [0.1, 0.15) is 42.4 Å². The van der Waals surface area contributed by atoms with E-state index in [1.54, 1.807) is 31.7 Å². The van der Waals surface area contributed by atoms with Crippen molar-refractivity contribution in [2.75, 3.05) is 6.54 Å². The van der Waals surface area contributed by atoms with Crippen LogP contribution in [0.2, 0.25) is 0 Å². The standard InChI is InChI=1S/C24H25N3O2/c1-18(28)27-15-7-12-22(27)23(19-8-3-2-4-9-19)24(29,20-10-5-13-25-16-20)21-11-6-14-26-17-21/h2-6,8-11,13-14,16-17,22-23,29H,7,12,15H2,1H3. The van der Waals surface area contributed by atoms with Crippen LogP contribution in [0.15, 0.2) is 79.4 Å². The normalized spacial score (nSPS) is 17.9. The van der Waals surface area contributed by atoms with E-state index in [9.17, 15) is 9.90 Å². The van der Waals surface area contributed by atoms with Gasteiger partial charge >= 0.3 is 0 Å². The van der Waals surface area contributed by atoms with Crippen LogP contribution >= 0.6 is 0 Å². The van der Waals surface area contributed by atoms with Crippen LogP contribution in [0.3, 0.4) is 0 Å². The highest BCUT2D eigenvalue weighted by Gasteiger charge is 2.49. The maximum atomic E-state index is 12.4. The fraction of sp³-hybridized carbons (Fsp3) is 0.292. The summed E-state index contributed by atoms with van der Waals surface area (Å²) in [7, 11) is 0. The maximum Gasteiger partial charge on any atom is 0.219 e. The number of hydrogen-bond acceptors (Lipinski definition) is 4. The van der Waals surface area contributed by atoms with Crippen molar-refractivity contribution in [3.63, 3.8) is 0 Å². The van der Waals surface area contributed by atoms with Crippen LogP contribution in [0, 0.1) is 0 Å². The summed E-state index contributed by atoms with van der Waals surface area (Å²) in [5.74, 6) is -0.323. The number of carbonyl (C=O) groups is 1. The van der Waals surface area contributed by atoms with Crippen LogP contribution < -0.4 is 0 Å². The lowest BCUT2D eigenvalue weighted by atomic mass is 9.70. The Balaban J connectivity index is 1.96. The van der Waals surface area contributed by atoms with Crippen molar-refractivity contribution in [2.24, 2.45) is 0 Å². The maximum absolute atomic E-state index is 12.4. The molecule has 1 saturated heterocycles. The molecule has 5 nitrogen and oxygen atoms in total. The Morgan fingerprint density at radius 3 is 2.17 bits per heavy atom. The number of likely N-dealkylation sites (tertiary alicyclic amines) is 1. The fourth-order valence-corrected chi connectivity index (χ4v) is 4.63. The van der Waals surface area contributed by atoms with Crippen LogP contribution in [0.25, 0.3) is 0 Å². The second-order valence-corrected chi connectivity index (χ2v) is 7.56. The summed E-state index contributed by atoms with van der Waals surface area (Å²) in [6, 6.07) is 17.3. The quantitative estimate of drug-likeness (QED) is 0.728. The average Bonchev–Trinajstić information content (AvgIpc) is 3.25. The van der Waals surface area contributed by atoms with E-state index in [2.05, 4.69) is 9.97 Å². The molecule has 0 bridgehead atoms. The Kier molecular flexibility index (Phi) is 5.41. The average molecular weight is 387 g/mol. The molecule has 0 aliphatic carbocycles. The predicted molar refractivity (Wildman–Crippen MR) is 111 cm³/mol. The van der Waals surface area contributed by atoms with E-state index >= 15 is 0 Å². The molecule has 1 N–H and O–H groups in total. The van der Waals surface area contributed by atoms with Crippen molar-refractivity contribution < 1.29 is 9.90 Å². The summed E-state index contributed by atoms with van der Waals surface area (Å²) in [6.07, 6.45) is 8.56. The molecule has 29 heavy (non-hydrogen) atoms. The molecule has 2 aromatic heterocycles. The number of hydrogen-bond donors (Lipinski definition) is 1. The minimum absolute atomic E-state index is 0.0353. The molecule has 1 aromatic carbocycles. The summed E-state index contributed by atoms with van der Waals surface area (Å²) in [5, 5.41) is 12.4. The van der Waals surface area contributed by atoms with E-state index in [1.807, 2.05) is 59.5 Å². The largest absolute Gasteiger partial charge is 0.380 e. The van der Waals surface area contributed by atoms with Crippen molar-refractivity contribution in [2.45, 2.75) is 37.3 Å². The van der Waals surface area contributed by atoms with Crippen LogP contribution in [-0.2, 0) is 10.4 Å². The van der Waals surface area contributed by atoms with Gasteiger partial charge in [0, 0.05) is 61.3 Å². The Morgan fingerprint density at radius 1 is 1.03 bits per heavy atom. The third-order valence-electron chi connectivity index (χ3n) is 5.90. The zero-order valence-electron chi connectivity index (χ0n) is 16.5.